The molecule has 0 spiro atoms. The van der Waals surface area contributed by atoms with Crippen molar-refractivity contribution in [3.05, 3.63) is 59.0 Å². The molecule has 1 aliphatic heterocycles. The van der Waals surface area contributed by atoms with Crippen molar-refractivity contribution in [1.82, 2.24) is 10.1 Å². The number of aryl methyl sites for hydroxylation is 1. The zero-order valence-electron chi connectivity index (χ0n) is 16.0. The summed E-state index contributed by atoms with van der Waals surface area (Å²) in [6.07, 6.45) is 0. The van der Waals surface area contributed by atoms with Crippen molar-refractivity contribution in [2.75, 3.05) is 4.72 Å². The van der Waals surface area contributed by atoms with Gasteiger partial charge in [-0.2, -0.15) is 4.72 Å². The van der Waals surface area contributed by atoms with Crippen LogP contribution < -0.4 is 4.72 Å². The van der Waals surface area contributed by atoms with Crippen molar-refractivity contribution in [3.8, 4) is 0 Å². The minimum atomic E-state index is -1.75. The second-order valence-electron chi connectivity index (χ2n) is 6.63. The van der Waals surface area contributed by atoms with E-state index < -0.39 is 27.5 Å². The molecule has 2 heterocycles. The molecule has 29 heavy (non-hydrogen) atoms. The summed E-state index contributed by atoms with van der Waals surface area (Å²) >= 11 is 1.50. The number of nitrogens with zero attached hydrogens (tertiary/aromatic N) is 2. The van der Waals surface area contributed by atoms with Gasteiger partial charge in [0.2, 0.25) is 11.2 Å². The molecule has 3 unspecified atom stereocenters. The van der Waals surface area contributed by atoms with Gasteiger partial charge < -0.3 is 13.8 Å². The molecule has 154 valence electrons. The third-order valence-corrected chi connectivity index (χ3v) is 6.73. The quantitative estimate of drug-likeness (QED) is 0.213. The monoisotopic (exact) mass is 481 g/mol. The van der Waals surface area contributed by atoms with Gasteiger partial charge in [-0.15, -0.1) is 0 Å². The molecule has 3 rings (SSSR count). The number of β-lactam (4-membered cyclic amide) rings is 1. The Morgan fingerprint density at radius 1 is 1.38 bits per heavy atom. The first kappa shape index (κ1) is 21.4. The van der Waals surface area contributed by atoms with Crippen LogP contribution in [0.4, 0.5) is 5.82 Å². The highest BCUT2D eigenvalue weighted by molar-refractivity contribution is 9.10. The van der Waals surface area contributed by atoms with Crippen LogP contribution in [0.15, 0.2) is 52.2 Å². The molecule has 1 aliphatic rings. The average Bonchev–Trinajstić information content (AvgIpc) is 3.10. The number of alkyl halides is 1. The number of esters is 1. The number of nitrogens with one attached hydrogen (secondary N) is 1. The number of anilines is 1. The van der Waals surface area contributed by atoms with Gasteiger partial charge in [0.05, 0.1) is 11.4 Å². The number of benzene rings is 1. The summed E-state index contributed by atoms with van der Waals surface area (Å²) in [6.45, 7) is 5.17. The largest absolute Gasteiger partial charge is 0.591 e. The topological polar surface area (TPSA) is 108 Å². The van der Waals surface area contributed by atoms with Gasteiger partial charge in [0.25, 0.3) is 5.91 Å². The van der Waals surface area contributed by atoms with Crippen LogP contribution in [-0.2, 0) is 32.3 Å². The first-order valence-corrected chi connectivity index (χ1v) is 10.9. The molecule has 10 heteroatoms. The van der Waals surface area contributed by atoms with Crippen LogP contribution in [0.25, 0.3) is 0 Å². The Kier molecular flexibility index (Phi) is 6.66. The molecule has 0 saturated carbocycles. The van der Waals surface area contributed by atoms with E-state index >= 15 is 0 Å². The lowest BCUT2D eigenvalue weighted by atomic mass is 10.1. The van der Waals surface area contributed by atoms with Crippen molar-refractivity contribution in [2.45, 2.75) is 37.6 Å². The van der Waals surface area contributed by atoms with Crippen molar-refractivity contribution < 1.29 is 23.4 Å². The summed E-state index contributed by atoms with van der Waals surface area (Å²) in [6, 6.07) is 10.8. The maximum atomic E-state index is 12.8. The first-order valence-electron chi connectivity index (χ1n) is 8.76. The number of amides is 1. The predicted octanol–water partition coefficient (Wildman–Crippen LogP) is 3.03. The van der Waals surface area contributed by atoms with Gasteiger partial charge in [-0.3, -0.25) is 9.69 Å². The van der Waals surface area contributed by atoms with Crippen LogP contribution in [0.3, 0.4) is 0 Å². The normalized spacial score (nSPS) is 19.3. The zero-order chi connectivity index (χ0) is 21.1. The molecule has 1 amide bonds. The number of ether oxygens (including phenoxy) is 1. The molecule has 0 radical (unpaired) electrons. The van der Waals surface area contributed by atoms with E-state index in [4.69, 9.17) is 9.26 Å². The second-order valence-corrected chi connectivity index (χ2v) is 8.90. The molecule has 1 aromatic carbocycles. The molecule has 1 fully saturated rings. The van der Waals surface area contributed by atoms with Gasteiger partial charge in [-0.05, 0) is 31.9 Å². The standard InChI is InChI=1S/C19H20BrN3O5S/c1-11(2)16(19(25)27-10-13-7-5-4-6-8-13)23-17(24)15(20)18(23)29(26)22-14-9-12(3)28-21-14/h4-9,15,18H,10H2,1-3H3,(H,21,22). The Bertz CT molecular complexity index is 929. The Labute approximate surface area is 179 Å². The summed E-state index contributed by atoms with van der Waals surface area (Å²) in [5.74, 6) is -0.184. The number of hydrogen-bond acceptors (Lipinski definition) is 7. The van der Waals surface area contributed by atoms with Gasteiger partial charge in [0.1, 0.15) is 18.1 Å². The molecule has 1 N–H and O–H groups in total. The number of hydrogen-bond donors (Lipinski definition) is 1. The van der Waals surface area contributed by atoms with E-state index in [1.807, 2.05) is 30.3 Å². The molecule has 8 nitrogen and oxygen atoms in total. The average molecular weight is 482 g/mol. The van der Waals surface area contributed by atoms with Gasteiger partial charge in [-0.1, -0.05) is 51.4 Å². The van der Waals surface area contributed by atoms with E-state index in [2.05, 4.69) is 25.8 Å². The number of allylic oxidation sites excluding steroid dienone is 1. The predicted molar refractivity (Wildman–Crippen MR) is 111 cm³/mol. The van der Waals surface area contributed by atoms with E-state index in [1.165, 1.54) is 4.90 Å². The van der Waals surface area contributed by atoms with Crippen molar-refractivity contribution in [3.63, 3.8) is 0 Å². The summed E-state index contributed by atoms with van der Waals surface area (Å²) in [5, 5.41) is 2.93. The second kappa shape index (κ2) is 9.02. The lowest BCUT2D eigenvalue weighted by Gasteiger charge is -2.43. The number of halogens is 1. The molecule has 1 aromatic heterocycles. The zero-order valence-corrected chi connectivity index (χ0v) is 18.5. The van der Waals surface area contributed by atoms with Crippen LogP contribution in [0.5, 0.6) is 0 Å². The highest BCUT2D eigenvalue weighted by atomic mass is 79.9. The van der Waals surface area contributed by atoms with E-state index in [0.29, 0.717) is 11.3 Å². The molecule has 0 aliphatic carbocycles. The van der Waals surface area contributed by atoms with Crippen LogP contribution in [0.2, 0.25) is 0 Å². The summed E-state index contributed by atoms with van der Waals surface area (Å²) in [4.78, 5) is 25.7. The number of aromatic nitrogens is 1. The van der Waals surface area contributed by atoms with E-state index in [9.17, 15) is 14.1 Å². The van der Waals surface area contributed by atoms with Gasteiger partial charge in [0.15, 0.2) is 4.83 Å². The molecule has 3 atom stereocenters. The lowest BCUT2D eigenvalue weighted by Crippen LogP contribution is -2.66. The minimum Gasteiger partial charge on any atom is -0.591 e. The fourth-order valence-corrected chi connectivity index (χ4v) is 4.99. The summed E-state index contributed by atoms with van der Waals surface area (Å²) < 4.78 is 25.9. The van der Waals surface area contributed by atoms with E-state index in [-0.39, 0.29) is 24.0 Å². The van der Waals surface area contributed by atoms with Crippen molar-refractivity contribution in [2.24, 2.45) is 0 Å². The number of carbonyl (C=O) groups is 2. The maximum Gasteiger partial charge on any atom is 0.355 e. The Morgan fingerprint density at radius 2 is 2.07 bits per heavy atom. The van der Waals surface area contributed by atoms with Crippen LogP contribution >= 0.6 is 15.9 Å². The highest BCUT2D eigenvalue weighted by Crippen LogP contribution is 2.36. The number of rotatable bonds is 7. The van der Waals surface area contributed by atoms with Gasteiger partial charge >= 0.3 is 5.97 Å². The van der Waals surface area contributed by atoms with E-state index in [1.54, 1.807) is 26.8 Å². The number of carbonyl (C=O) groups excluding carboxylic acids is 2. The third kappa shape index (κ3) is 4.65. The van der Waals surface area contributed by atoms with Crippen molar-refractivity contribution >= 4 is 45.0 Å². The molecule has 1 saturated heterocycles. The highest BCUT2D eigenvalue weighted by Gasteiger charge is 2.57. The van der Waals surface area contributed by atoms with Gasteiger partial charge in [-0.25, -0.2) is 4.79 Å². The molecule has 0 bridgehead atoms. The van der Waals surface area contributed by atoms with Gasteiger partial charge in [0, 0.05) is 6.07 Å². The fraction of sp³-hybridized carbons (Fsp3) is 0.316. The maximum absolute atomic E-state index is 12.8. The van der Waals surface area contributed by atoms with Crippen molar-refractivity contribution in [1.29, 1.82) is 0 Å². The lowest BCUT2D eigenvalue weighted by molar-refractivity contribution is -0.149. The smallest absolute Gasteiger partial charge is 0.355 e. The molecule has 2 aromatic rings. The molecular weight excluding hydrogens is 462 g/mol. The molecular formula is C19H20BrN3O5S. The van der Waals surface area contributed by atoms with E-state index in [0.717, 1.165) is 5.56 Å². The summed E-state index contributed by atoms with van der Waals surface area (Å²) in [7, 11) is 0. The first-order chi connectivity index (χ1) is 13.8. The number of likely N-dealkylation sites (tertiary alicyclic amines) is 1. The fourth-order valence-electron chi connectivity index (χ4n) is 2.78. The van der Waals surface area contributed by atoms with Crippen LogP contribution in [0.1, 0.15) is 25.2 Å². The minimum absolute atomic E-state index is 0.0699. The third-order valence-electron chi connectivity index (χ3n) is 4.15. The Balaban J connectivity index is 1.75. The Hall–Kier alpha value is -2.30. The SMILES string of the molecule is CC(C)=C(C(=O)OCc1ccccc1)N1C(=O)C(Br)C1[S+]([O-])Nc1cc(C)on1. The van der Waals surface area contributed by atoms with Crippen LogP contribution in [-0.4, -0.2) is 36.7 Å². The summed E-state index contributed by atoms with van der Waals surface area (Å²) in [5.41, 5.74) is 1.48. The Morgan fingerprint density at radius 3 is 2.66 bits per heavy atom. The van der Waals surface area contributed by atoms with Crippen LogP contribution in [0, 0.1) is 6.92 Å².